The van der Waals surface area contributed by atoms with Crippen LogP contribution in [0.3, 0.4) is 0 Å². The highest BCUT2D eigenvalue weighted by Gasteiger charge is 2.19. The summed E-state index contributed by atoms with van der Waals surface area (Å²) in [4.78, 5) is 12.3. The number of nitrogens with one attached hydrogen (secondary N) is 1. The summed E-state index contributed by atoms with van der Waals surface area (Å²) >= 11 is 0. The molecule has 0 radical (unpaired) electrons. The monoisotopic (exact) mass is 535 g/mol. The number of carbonyl (C=O) groups is 1. The lowest BCUT2D eigenvalue weighted by molar-refractivity contribution is -0.123. The van der Waals surface area contributed by atoms with E-state index < -0.39 is 12.1 Å². The SMILES string of the molecule is CCCCC/C=C\C/C=C\CCCCCCCC(=O)NC(CO)C(O)CCCCCCCCCCCCC. The number of allylic oxidation sites excluding steroid dienone is 4. The average molecular weight is 536 g/mol. The summed E-state index contributed by atoms with van der Waals surface area (Å²) in [6.07, 6.45) is 36.4. The van der Waals surface area contributed by atoms with E-state index in [1.807, 2.05) is 0 Å². The molecular formula is C34H65NO3. The Balaban J connectivity index is 3.63. The molecule has 0 fully saturated rings. The van der Waals surface area contributed by atoms with Gasteiger partial charge in [-0.2, -0.15) is 0 Å². The van der Waals surface area contributed by atoms with Gasteiger partial charge in [-0.05, 0) is 44.9 Å². The number of unbranched alkanes of at least 4 members (excludes halogenated alkanes) is 18. The normalized spacial score (nSPS) is 13.5. The van der Waals surface area contributed by atoms with Crippen LogP contribution in [0.25, 0.3) is 0 Å². The van der Waals surface area contributed by atoms with Gasteiger partial charge in [0.2, 0.25) is 5.91 Å². The zero-order valence-electron chi connectivity index (χ0n) is 25.4. The molecule has 4 nitrogen and oxygen atoms in total. The molecule has 38 heavy (non-hydrogen) atoms. The van der Waals surface area contributed by atoms with Crippen molar-refractivity contribution in [3.63, 3.8) is 0 Å². The molecule has 2 unspecified atom stereocenters. The predicted molar refractivity (Wildman–Crippen MR) is 165 cm³/mol. The van der Waals surface area contributed by atoms with Gasteiger partial charge in [-0.15, -0.1) is 0 Å². The van der Waals surface area contributed by atoms with E-state index in [9.17, 15) is 15.0 Å². The maximum absolute atomic E-state index is 12.3. The van der Waals surface area contributed by atoms with E-state index in [4.69, 9.17) is 0 Å². The largest absolute Gasteiger partial charge is 0.394 e. The Hall–Kier alpha value is -1.13. The van der Waals surface area contributed by atoms with Gasteiger partial charge in [0.05, 0.1) is 18.8 Å². The van der Waals surface area contributed by atoms with E-state index in [2.05, 4.69) is 43.5 Å². The second-order valence-electron chi connectivity index (χ2n) is 11.2. The molecule has 0 aliphatic rings. The van der Waals surface area contributed by atoms with Crippen LogP contribution in [0.4, 0.5) is 0 Å². The molecule has 0 saturated carbocycles. The molecule has 0 spiro atoms. The molecule has 4 heteroatoms. The van der Waals surface area contributed by atoms with Gasteiger partial charge in [-0.25, -0.2) is 0 Å². The lowest BCUT2D eigenvalue weighted by Gasteiger charge is -2.22. The fourth-order valence-corrected chi connectivity index (χ4v) is 4.86. The highest BCUT2D eigenvalue weighted by atomic mass is 16.3. The van der Waals surface area contributed by atoms with Gasteiger partial charge in [-0.3, -0.25) is 4.79 Å². The number of amides is 1. The zero-order valence-corrected chi connectivity index (χ0v) is 25.4. The third-order valence-electron chi connectivity index (χ3n) is 7.47. The van der Waals surface area contributed by atoms with Crippen molar-refractivity contribution >= 4 is 5.91 Å². The Bertz CT molecular complexity index is 546. The van der Waals surface area contributed by atoms with E-state index in [-0.39, 0.29) is 12.5 Å². The second kappa shape index (κ2) is 30.4. The molecule has 0 bridgehead atoms. The maximum atomic E-state index is 12.3. The molecule has 0 saturated heterocycles. The molecule has 0 aliphatic heterocycles. The summed E-state index contributed by atoms with van der Waals surface area (Å²) < 4.78 is 0. The number of aliphatic hydroxyl groups excluding tert-OH is 2. The Morgan fingerprint density at radius 3 is 1.63 bits per heavy atom. The average Bonchev–Trinajstić information content (AvgIpc) is 2.92. The van der Waals surface area contributed by atoms with Gasteiger partial charge in [0.25, 0.3) is 0 Å². The van der Waals surface area contributed by atoms with Crippen LogP contribution in [0.2, 0.25) is 0 Å². The van der Waals surface area contributed by atoms with E-state index in [0.717, 1.165) is 44.9 Å². The van der Waals surface area contributed by atoms with Gasteiger partial charge < -0.3 is 15.5 Å². The summed E-state index contributed by atoms with van der Waals surface area (Å²) in [6, 6.07) is -0.538. The molecule has 0 aromatic carbocycles. The number of carbonyl (C=O) groups excluding carboxylic acids is 1. The highest BCUT2D eigenvalue weighted by molar-refractivity contribution is 5.76. The maximum Gasteiger partial charge on any atom is 0.220 e. The number of rotatable bonds is 29. The van der Waals surface area contributed by atoms with Crippen molar-refractivity contribution in [2.45, 2.75) is 180 Å². The number of aliphatic hydroxyl groups is 2. The molecule has 0 aromatic rings. The minimum absolute atomic E-state index is 0.0484. The standard InChI is InChI=1S/C34H65NO3/c1-3-5-7-9-11-13-15-16-17-18-20-22-24-26-28-30-34(38)35-32(31-36)33(37)29-27-25-23-21-19-14-12-10-8-6-4-2/h11,13,16-17,32-33,36-37H,3-10,12,14-15,18-31H2,1-2H3,(H,35,38)/b13-11-,17-16-. The molecule has 0 aliphatic carbocycles. The first-order chi connectivity index (χ1) is 18.7. The van der Waals surface area contributed by atoms with E-state index >= 15 is 0 Å². The molecule has 2 atom stereocenters. The minimum atomic E-state index is -0.660. The summed E-state index contributed by atoms with van der Waals surface area (Å²) in [7, 11) is 0. The summed E-state index contributed by atoms with van der Waals surface area (Å²) in [5, 5.41) is 22.9. The Morgan fingerprint density at radius 2 is 1.08 bits per heavy atom. The van der Waals surface area contributed by atoms with Gasteiger partial charge in [0, 0.05) is 6.42 Å². The molecule has 3 N–H and O–H groups in total. The minimum Gasteiger partial charge on any atom is -0.394 e. The molecule has 0 aromatic heterocycles. The zero-order chi connectivity index (χ0) is 27.9. The summed E-state index contributed by atoms with van der Waals surface area (Å²) in [5.74, 6) is -0.0484. The van der Waals surface area contributed by atoms with Crippen molar-refractivity contribution < 1.29 is 15.0 Å². The first-order valence-electron chi connectivity index (χ1n) is 16.5. The van der Waals surface area contributed by atoms with Crippen LogP contribution in [0.1, 0.15) is 168 Å². The highest BCUT2D eigenvalue weighted by Crippen LogP contribution is 2.14. The Morgan fingerprint density at radius 1 is 0.632 bits per heavy atom. The first kappa shape index (κ1) is 36.9. The molecule has 224 valence electrons. The molecule has 0 heterocycles. The number of hydrogen-bond acceptors (Lipinski definition) is 3. The van der Waals surface area contributed by atoms with Crippen molar-refractivity contribution in [2.24, 2.45) is 0 Å². The third kappa shape index (κ3) is 26.5. The molecule has 1 amide bonds. The van der Waals surface area contributed by atoms with Crippen LogP contribution >= 0.6 is 0 Å². The third-order valence-corrected chi connectivity index (χ3v) is 7.47. The van der Waals surface area contributed by atoms with E-state index in [1.54, 1.807) is 0 Å². The van der Waals surface area contributed by atoms with Crippen LogP contribution in [0.5, 0.6) is 0 Å². The summed E-state index contributed by atoms with van der Waals surface area (Å²) in [6.45, 7) is 4.30. The van der Waals surface area contributed by atoms with Crippen LogP contribution in [-0.2, 0) is 4.79 Å². The van der Waals surface area contributed by atoms with Gasteiger partial charge in [0.1, 0.15) is 0 Å². The first-order valence-corrected chi connectivity index (χ1v) is 16.5. The van der Waals surface area contributed by atoms with Crippen molar-refractivity contribution in [2.75, 3.05) is 6.61 Å². The molecule has 0 rings (SSSR count). The smallest absolute Gasteiger partial charge is 0.220 e. The Labute approximate surface area is 237 Å². The fourth-order valence-electron chi connectivity index (χ4n) is 4.86. The van der Waals surface area contributed by atoms with Crippen molar-refractivity contribution in [3.8, 4) is 0 Å². The van der Waals surface area contributed by atoms with Crippen molar-refractivity contribution in [1.82, 2.24) is 5.32 Å². The van der Waals surface area contributed by atoms with E-state index in [0.29, 0.717) is 12.8 Å². The topological polar surface area (TPSA) is 69.6 Å². The lowest BCUT2D eigenvalue weighted by Crippen LogP contribution is -2.45. The van der Waals surface area contributed by atoms with Crippen LogP contribution in [-0.4, -0.2) is 34.9 Å². The number of hydrogen-bond donors (Lipinski definition) is 3. The van der Waals surface area contributed by atoms with Gasteiger partial charge >= 0.3 is 0 Å². The Kier molecular flexibility index (Phi) is 29.5. The fraction of sp³-hybridized carbons (Fsp3) is 0.853. The summed E-state index contributed by atoms with van der Waals surface area (Å²) in [5.41, 5.74) is 0. The van der Waals surface area contributed by atoms with Gasteiger partial charge in [0.15, 0.2) is 0 Å². The molecular weight excluding hydrogens is 470 g/mol. The van der Waals surface area contributed by atoms with Crippen molar-refractivity contribution in [3.05, 3.63) is 24.3 Å². The van der Waals surface area contributed by atoms with E-state index in [1.165, 1.54) is 96.3 Å². The predicted octanol–water partition coefficient (Wildman–Crippen LogP) is 9.34. The lowest BCUT2D eigenvalue weighted by atomic mass is 10.0. The quantitative estimate of drug-likeness (QED) is 0.0660. The van der Waals surface area contributed by atoms with Crippen molar-refractivity contribution in [1.29, 1.82) is 0 Å². The second-order valence-corrected chi connectivity index (χ2v) is 11.2. The van der Waals surface area contributed by atoms with Crippen LogP contribution in [0, 0.1) is 0 Å². The van der Waals surface area contributed by atoms with Gasteiger partial charge in [-0.1, -0.05) is 141 Å². The van der Waals surface area contributed by atoms with Crippen LogP contribution < -0.4 is 5.32 Å². The van der Waals surface area contributed by atoms with Crippen LogP contribution in [0.15, 0.2) is 24.3 Å².